The van der Waals surface area contributed by atoms with Gasteiger partial charge in [-0.2, -0.15) is 0 Å². The average molecular weight is 318 g/mol. The minimum atomic E-state index is -1.03. The maximum Gasteiger partial charge on any atom is 0.137 e. The van der Waals surface area contributed by atoms with Crippen LogP contribution in [0.1, 0.15) is 30.7 Å². The number of aliphatic hydroxyl groups is 1. The molecule has 1 aromatic heterocycles. The Hall–Kier alpha value is -1.19. The monoisotopic (exact) mass is 317 g/mol. The lowest BCUT2D eigenvalue weighted by Crippen LogP contribution is -2.40. The van der Waals surface area contributed by atoms with Crippen LogP contribution in [-0.2, 0) is 12.0 Å². The summed E-state index contributed by atoms with van der Waals surface area (Å²) < 4.78 is 0.971. The molecule has 1 N–H and O–H groups in total. The van der Waals surface area contributed by atoms with Gasteiger partial charge in [-0.05, 0) is 35.7 Å². The minimum Gasteiger partial charge on any atom is -0.378 e. The van der Waals surface area contributed by atoms with Crippen LogP contribution in [0.4, 0.5) is 0 Å². The fraction of sp³-hybridized carbons (Fsp3) is 0.312. The van der Waals surface area contributed by atoms with Crippen LogP contribution >= 0.6 is 15.9 Å². The number of hydrogen-bond acceptors (Lipinski definition) is 2. The van der Waals surface area contributed by atoms with Crippen molar-refractivity contribution in [3.8, 4) is 0 Å². The van der Waals surface area contributed by atoms with Crippen molar-refractivity contribution >= 4 is 15.9 Å². The fourth-order valence-electron chi connectivity index (χ4n) is 3.07. The highest BCUT2D eigenvalue weighted by atomic mass is 79.9. The van der Waals surface area contributed by atoms with E-state index in [-0.39, 0.29) is 5.41 Å². The molecule has 0 bridgehead atoms. The van der Waals surface area contributed by atoms with E-state index in [0.717, 1.165) is 27.7 Å². The van der Waals surface area contributed by atoms with E-state index in [0.29, 0.717) is 0 Å². The molecule has 3 rings (SSSR count). The second kappa shape index (κ2) is 4.15. The molecule has 2 nitrogen and oxygen atoms in total. The van der Waals surface area contributed by atoms with E-state index in [2.05, 4.69) is 40.8 Å². The third kappa shape index (κ3) is 1.76. The second-order valence-electron chi connectivity index (χ2n) is 5.79. The van der Waals surface area contributed by atoms with Gasteiger partial charge in [-0.1, -0.05) is 48.0 Å². The Kier molecular flexibility index (Phi) is 2.80. The van der Waals surface area contributed by atoms with Crippen molar-refractivity contribution in [2.24, 2.45) is 5.41 Å². The first-order chi connectivity index (χ1) is 8.95. The highest BCUT2D eigenvalue weighted by Crippen LogP contribution is 2.52. The predicted octanol–water partition coefficient (Wildman–Crippen LogP) is 3.66. The Labute approximate surface area is 121 Å². The molecule has 0 spiro atoms. The average Bonchev–Trinajstić information content (AvgIpc) is 2.58. The molecule has 19 heavy (non-hydrogen) atoms. The highest BCUT2D eigenvalue weighted by Gasteiger charge is 2.53. The number of rotatable bonds is 1. The Morgan fingerprint density at radius 2 is 2.00 bits per heavy atom. The van der Waals surface area contributed by atoms with Crippen LogP contribution in [0.15, 0.2) is 47.1 Å². The van der Waals surface area contributed by atoms with Crippen molar-refractivity contribution in [1.82, 2.24) is 4.98 Å². The minimum absolute atomic E-state index is 0.273. The van der Waals surface area contributed by atoms with Gasteiger partial charge in [0.1, 0.15) is 5.60 Å². The third-order valence-corrected chi connectivity index (χ3v) is 4.58. The molecule has 1 aliphatic carbocycles. The van der Waals surface area contributed by atoms with Crippen molar-refractivity contribution in [2.45, 2.75) is 25.9 Å². The maximum absolute atomic E-state index is 11.4. The van der Waals surface area contributed by atoms with Gasteiger partial charge in [0.15, 0.2) is 0 Å². The maximum atomic E-state index is 11.4. The zero-order chi connectivity index (χ0) is 13.7. The molecule has 0 aliphatic heterocycles. The van der Waals surface area contributed by atoms with Crippen LogP contribution in [0.2, 0.25) is 0 Å². The first kappa shape index (κ1) is 12.8. The van der Waals surface area contributed by atoms with Crippen molar-refractivity contribution < 1.29 is 5.11 Å². The first-order valence-electron chi connectivity index (χ1n) is 6.38. The highest BCUT2D eigenvalue weighted by molar-refractivity contribution is 9.10. The fourth-order valence-corrected chi connectivity index (χ4v) is 3.47. The van der Waals surface area contributed by atoms with Gasteiger partial charge in [0, 0.05) is 16.1 Å². The van der Waals surface area contributed by atoms with Gasteiger partial charge in [0.05, 0.1) is 5.69 Å². The van der Waals surface area contributed by atoms with Crippen molar-refractivity contribution in [3.05, 3.63) is 63.9 Å². The normalized spacial score (nSPS) is 24.2. The summed E-state index contributed by atoms with van der Waals surface area (Å²) in [4.78, 5) is 4.45. The molecule has 0 amide bonds. The zero-order valence-electron chi connectivity index (χ0n) is 11.0. The van der Waals surface area contributed by atoms with Crippen molar-refractivity contribution in [1.29, 1.82) is 0 Å². The van der Waals surface area contributed by atoms with Crippen LogP contribution in [0.25, 0.3) is 0 Å². The summed E-state index contributed by atoms with van der Waals surface area (Å²) in [5, 5.41) is 11.4. The smallest absolute Gasteiger partial charge is 0.137 e. The van der Waals surface area contributed by atoms with E-state index < -0.39 is 5.60 Å². The SMILES string of the molecule is CC1(C)Cc2cccnc2C1(O)c1cccc(Br)c1. The third-order valence-electron chi connectivity index (χ3n) is 4.09. The van der Waals surface area contributed by atoms with Crippen LogP contribution in [0.3, 0.4) is 0 Å². The lowest BCUT2D eigenvalue weighted by Gasteiger charge is -2.37. The summed E-state index contributed by atoms with van der Waals surface area (Å²) in [5.41, 5.74) is 1.51. The molecule has 0 radical (unpaired) electrons. The molecular formula is C16H16BrNO. The number of halogens is 1. The number of pyridine rings is 1. The molecular weight excluding hydrogens is 302 g/mol. The quantitative estimate of drug-likeness (QED) is 0.870. The molecule has 0 saturated heterocycles. The Balaban J connectivity index is 2.26. The Morgan fingerprint density at radius 3 is 2.74 bits per heavy atom. The first-order valence-corrected chi connectivity index (χ1v) is 7.17. The zero-order valence-corrected chi connectivity index (χ0v) is 12.6. The lowest BCUT2D eigenvalue weighted by molar-refractivity contribution is -0.0241. The number of fused-ring (bicyclic) bond motifs is 1. The van der Waals surface area contributed by atoms with E-state index >= 15 is 0 Å². The molecule has 2 aromatic rings. The van der Waals surface area contributed by atoms with Crippen LogP contribution in [-0.4, -0.2) is 10.1 Å². The van der Waals surface area contributed by atoms with Gasteiger partial charge in [0.25, 0.3) is 0 Å². The number of nitrogens with zero attached hydrogens (tertiary/aromatic N) is 1. The van der Waals surface area contributed by atoms with Gasteiger partial charge in [-0.25, -0.2) is 0 Å². The number of hydrogen-bond donors (Lipinski definition) is 1. The van der Waals surface area contributed by atoms with Crippen molar-refractivity contribution in [2.75, 3.05) is 0 Å². The molecule has 1 heterocycles. The summed E-state index contributed by atoms with van der Waals surface area (Å²) in [6, 6.07) is 11.9. The van der Waals surface area contributed by atoms with E-state index in [4.69, 9.17) is 0 Å². The predicted molar refractivity (Wildman–Crippen MR) is 78.9 cm³/mol. The Morgan fingerprint density at radius 1 is 1.21 bits per heavy atom. The Bertz CT molecular complexity index is 638. The van der Waals surface area contributed by atoms with E-state index in [1.54, 1.807) is 6.20 Å². The summed E-state index contributed by atoms with van der Waals surface area (Å²) in [5.74, 6) is 0. The number of benzene rings is 1. The molecule has 98 valence electrons. The molecule has 1 unspecified atom stereocenters. The molecule has 1 atom stereocenters. The standard InChI is InChI=1S/C16H16BrNO/c1-15(2)10-11-5-4-8-18-14(11)16(15,19)12-6-3-7-13(17)9-12/h3-9,19H,10H2,1-2H3. The molecule has 0 fully saturated rings. The van der Waals surface area contributed by atoms with Gasteiger partial charge >= 0.3 is 0 Å². The molecule has 3 heteroatoms. The summed E-state index contributed by atoms with van der Waals surface area (Å²) in [6.07, 6.45) is 2.59. The number of aromatic nitrogens is 1. The van der Waals surface area contributed by atoms with Gasteiger partial charge in [-0.3, -0.25) is 4.98 Å². The van der Waals surface area contributed by atoms with Gasteiger partial charge in [-0.15, -0.1) is 0 Å². The molecule has 1 aromatic carbocycles. The largest absolute Gasteiger partial charge is 0.378 e. The van der Waals surface area contributed by atoms with E-state index in [1.165, 1.54) is 0 Å². The molecule has 1 aliphatic rings. The van der Waals surface area contributed by atoms with Gasteiger partial charge < -0.3 is 5.11 Å². The molecule has 0 saturated carbocycles. The van der Waals surface area contributed by atoms with Crippen molar-refractivity contribution in [3.63, 3.8) is 0 Å². The van der Waals surface area contributed by atoms with E-state index in [1.807, 2.05) is 30.3 Å². The second-order valence-corrected chi connectivity index (χ2v) is 6.71. The summed E-state index contributed by atoms with van der Waals surface area (Å²) >= 11 is 3.48. The van der Waals surface area contributed by atoms with Gasteiger partial charge in [0.2, 0.25) is 0 Å². The lowest BCUT2D eigenvalue weighted by atomic mass is 9.72. The summed E-state index contributed by atoms with van der Waals surface area (Å²) in [6.45, 7) is 4.19. The van der Waals surface area contributed by atoms with Crippen LogP contribution in [0, 0.1) is 5.41 Å². The summed E-state index contributed by atoms with van der Waals surface area (Å²) in [7, 11) is 0. The topological polar surface area (TPSA) is 33.1 Å². The van der Waals surface area contributed by atoms with Crippen LogP contribution < -0.4 is 0 Å². The van der Waals surface area contributed by atoms with E-state index in [9.17, 15) is 5.11 Å². The van der Waals surface area contributed by atoms with Crippen LogP contribution in [0.5, 0.6) is 0 Å².